The molecule has 0 fully saturated rings. The smallest absolute Gasteiger partial charge is 0.244 e. The molecule has 1 amide bonds. The number of carbonyl (C=O) groups is 1. The second-order valence-corrected chi connectivity index (χ2v) is 4.71. The summed E-state index contributed by atoms with van der Waals surface area (Å²) in [6.45, 7) is 6.40. The third kappa shape index (κ3) is 4.04. The number of ether oxygens (including phenoxy) is 1. The van der Waals surface area contributed by atoms with Crippen LogP contribution in [0.3, 0.4) is 0 Å². The van der Waals surface area contributed by atoms with E-state index in [1.807, 2.05) is 38.1 Å². The first-order valence-corrected chi connectivity index (χ1v) is 6.23. The predicted octanol–water partition coefficient (Wildman–Crippen LogP) is 2.41. The van der Waals surface area contributed by atoms with Gasteiger partial charge in [0, 0.05) is 11.8 Å². The van der Waals surface area contributed by atoms with Crippen LogP contribution in [0.2, 0.25) is 0 Å². The molecule has 2 N–H and O–H groups in total. The molecule has 1 rings (SSSR count). The zero-order valence-electron chi connectivity index (χ0n) is 11.5. The monoisotopic (exact) mass is 250 g/mol. The Kier molecular flexibility index (Phi) is 5.16. The molecule has 1 aromatic rings. The Morgan fingerprint density at radius 2 is 2.11 bits per heavy atom. The van der Waals surface area contributed by atoms with Gasteiger partial charge in [0.15, 0.2) is 0 Å². The van der Waals surface area contributed by atoms with Gasteiger partial charge in [-0.2, -0.15) is 0 Å². The summed E-state index contributed by atoms with van der Waals surface area (Å²) in [5.41, 5.74) is 0.150. The maximum atomic E-state index is 12.0. The maximum absolute atomic E-state index is 12.0. The van der Waals surface area contributed by atoms with Crippen molar-refractivity contribution < 1.29 is 9.53 Å². The van der Waals surface area contributed by atoms with Crippen LogP contribution < -0.4 is 15.4 Å². The summed E-state index contributed by atoms with van der Waals surface area (Å²) in [6, 6.07) is 7.43. The van der Waals surface area contributed by atoms with Crippen LogP contribution in [0.5, 0.6) is 5.75 Å². The van der Waals surface area contributed by atoms with Crippen LogP contribution in [-0.4, -0.2) is 25.1 Å². The van der Waals surface area contributed by atoms with Gasteiger partial charge in [0.2, 0.25) is 5.91 Å². The maximum Gasteiger partial charge on any atom is 0.244 e. The predicted molar refractivity (Wildman–Crippen MR) is 74.0 cm³/mol. The summed E-state index contributed by atoms with van der Waals surface area (Å²) in [5.74, 6) is 0.703. The number of rotatable bonds is 6. The Balaban J connectivity index is 2.70. The first-order valence-electron chi connectivity index (χ1n) is 6.23. The van der Waals surface area contributed by atoms with Gasteiger partial charge in [-0.3, -0.25) is 4.79 Å². The molecular formula is C14H22N2O2. The van der Waals surface area contributed by atoms with E-state index in [9.17, 15) is 4.79 Å². The van der Waals surface area contributed by atoms with Crippen molar-refractivity contribution in [2.45, 2.75) is 32.7 Å². The van der Waals surface area contributed by atoms with Crippen molar-refractivity contribution in [2.75, 3.05) is 19.0 Å². The van der Waals surface area contributed by atoms with E-state index in [0.717, 1.165) is 17.9 Å². The number of nitrogens with one attached hydrogen (secondary N) is 2. The molecule has 0 aromatic heterocycles. The minimum atomic E-state index is -0.597. The molecule has 0 aliphatic rings. The standard InChI is InChI=1S/C14H22N2O2/c1-5-9-18-12-8-6-7-11(10-12)16-13(17)14(2,3)15-4/h6-8,10,15H,5,9H2,1-4H3,(H,16,17). The molecular weight excluding hydrogens is 228 g/mol. The highest BCUT2D eigenvalue weighted by Crippen LogP contribution is 2.18. The van der Waals surface area contributed by atoms with Crippen LogP contribution >= 0.6 is 0 Å². The summed E-state index contributed by atoms with van der Waals surface area (Å²) >= 11 is 0. The molecule has 0 saturated carbocycles. The number of amides is 1. The van der Waals surface area contributed by atoms with Gasteiger partial charge in [0.05, 0.1) is 12.1 Å². The molecule has 0 heterocycles. The largest absolute Gasteiger partial charge is 0.494 e. The van der Waals surface area contributed by atoms with E-state index in [2.05, 4.69) is 17.6 Å². The van der Waals surface area contributed by atoms with Gasteiger partial charge in [-0.15, -0.1) is 0 Å². The van der Waals surface area contributed by atoms with Crippen molar-refractivity contribution in [3.8, 4) is 5.75 Å². The lowest BCUT2D eigenvalue weighted by atomic mass is 10.1. The first kappa shape index (κ1) is 14.5. The molecule has 0 bridgehead atoms. The average Bonchev–Trinajstić information content (AvgIpc) is 2.36. The lowest BCUT2D eigenvalue weighted by molar-refractivity contribution is -0.121. The van der Waals surface area contributed by atoms with Gasteiger partial charge in [0.1, 0.15) is 5.75 Å². The lowest BCUT2D eigenvalue weighted by Gasteiger charge is -2.22. The quantitative estimate of drug-likeness (QED) is 0.815. The van der Waals surface area contributed by atoms with Crippen molar-refractivity contribution in [3.63, 3.8) is 0 Å². The number of benzene rings is 1. The van der Waals surface area contributed by atoms with Gasteiger partial charge >= 0.3 is 0 Å². The van der Waals surface area contributed by atoms with E-state index in [4.69, 9.17) is 4.74 Å². The third-order valence-corrected chi connectivity index (χ3v) is 2.76. The third-order valence-electron chi connectivity index (χ3n) is 2.76. The van der Waals surface area contributed by atoms with E-state index >= 15 is 0 Å². The fraction of sp³-hybridized carbons (Fsp3) is 0.500. The van der Waals surface area contributed by atoms with E-state index in [0.29, 0.717) is 6.61 Å². The summed E-state index contributed by atoms with van der Waals surface area (Å²) in [7, 11) is 1.76. The molecule has 0 unspecified atom stereocenters. The first-order chi connectivity index (χ1) is 8.49. The minimum absolute atomic E-state index is 0.0716. The van der Waals surface area contributed by atoms with Crippen molar-refractivity contribution in [3.05, 3.63) is 24.3 Å². The van der Waals surface area contributed by atoms with Gasteiger partial charge in [-0.1, -0.05) is 13.0 Å². The van der Waals surface area contributed by atoms with Crippen LogP contribution in [0.4, 0.5) is 5.69 Å². The molecule has 100 valence electrons. The zero-order chi connectivity index (χ0) is 13.6. The van der Waals surface area contributed by atoms with Crippen molar-refractivity contribution in [1.29, 1.82) is 0 Å². The summed E-state index contributed by atoms with van der Waals surface area (Å²) in [4.78, 5) is 12.0. The molecule has 1 aromatic carbocycles. The highest BCUT2D eigenvalue weighted by molar-refractivity contribution is 5.97. The molecule has 4 heteroatoms. The Morgan fingerprint density at radius 3 is 2.72 bits per heavy atom. The average molecular weight is 250 g/mol. The lowest BCUT2D eigenvalue weighted by Crippen LogP contribution is -2.47. The Morgan fingerprint density at radius 1 is 1.39 bits per heavy atom. The highest BCUT2D eigenvalue weighted by atomic mass is 16.5. The summed E-state index contributed by atoms with van der Waals surface area (Å²) in [5, 5.41) is 5.84. The van der Waals surface area contributed by atoms with E-state index in [1.54, 1.807) is 7.05 Å². The van der Waals surface area contributed by atoms with Crippen molar-refractivity contribution >= 4 is 11.6 Å². The number of carbonyl (C=O) groups excluding carboxylic acids is 1. The van der Waals surface area contributed by atoms with Gasteiger partial charge in [-0.25, -0.2) is 0 Å². The normalized spacial score (nSPS) is 11.1. The summed E-state index contributed by atoms with van der Waals surface area (Å²) < 4.78 is 5.52. The molecule has 4 nitrogen and oxygen atoms in total. The van der Waals surface area contributed by atoms with Crippen LogP contribution in [-0.2, 0) is 4.79 Å². The molecule has 0 radical (unpaired) electrons. The fourth-order valence-electron chi connectivity index (χ4n) is 1.28. The number of anilines is 1. The van der Waals surface area contributed by atoms with E-state index < -0.39 is 5.54 Å². The highest BCUT2D eigenvalue weighted by Gasteiger charge is 2.25. The number of hydrogen-bond acceptors (Lipinski definition) is 3. The second kappa shape index (κ2) is 6.40. The van der Waals surface area contributed by atoms with Gasteiger partial charge in [0.25, 0.3) is 0 Å². The Hall–Kier alpha value is -1.55. The molecule has 0 aliphatic carbocycles. The van der Waals surface area contributed by atoms with Crippen LogP contribution in [0, 0.1) is 0 Å². The minimum Gasteiger partial charge on any atom is -0.494 e. The van der Waals surface area contributed by atoms with Crippen molar-refractivity contribution in [2.24, 2.45) is 0 Å². The molecule has 0 saturated heterocycles. The second-order valence-electron chi connectivity index (χ2n) is 4.71. The Bertz CT molecular complexity index is 403. The van der Waals surface area contributed by atoms with Crippen LogP contribution in [0.25, 0.3) is 0 Å². The summed E-state index contributed by atoms with van der Waals surface area (Å²) in [6.07, 6.45) is 0.962. The topological polar surface area (TPSA) is 50.4 Å². The Labute approximate surface area is 109 Å². The molecule has 0 spiro atoms. The molecule has 0 aliphatic heterocycles. The van der Waals surface area contributed by atoms with E-state index in [1.165, 1.54) is 0 Å². The number of likely N-dealkylation sites (N-methyl/N-ethyl adjacent to an activating group) is 1. The molecule has 18 heavy (non-hydrogen) atoms. The van der Waals surface area contributed by atoms with Crippen molar-refractivity contribution in [1.82, 2.24) is 5.32 Å². The van der Waals surface area contributed by atoms with Gasteiger partial charge in [-0.05, 0) is 39.4 Å². The molecule has 0 atom stereocenters. The zero-order valence-corrected chi connectivity index (χ0v) is 11.5. The fourth-order valence-corrected chi connectivity index (χ4v) is 1.28. The number of hydrogen-bond donors (Lipinski definition) is 2. The van der Waals surface area contributed by atoms with Crippen LogP contribution in [0.1, 0.15) is 27.2 Å². The van der Waals surface area contributed by atoms with Crippen LogP contribution in [0.15, 0.2) is 24.3 Å². The van der Waals surface area contributed by atoms with E-state index in [-0.39, 0.29) is 5.91 Å². The van der Waals surface area contributed by atoms with Gasteiger partial charge < -0.3 is 15.4 Å². The SMILES string of the molecule is CCCOc1cccc(NC(=O)C(C)(C)NC)c1.